The van der Waals surface area contributed by atoms with Crippen LogP contribution >= 0.6 is 23.2 Å². The molecule has 206 valence electrons. The third kappa shape index (κ3) is 8.95. The number of halogens is 4. The summed E-state index contributed by atoms with van der Waals surface area (Å²) in [5.74, 6) is -10.0. The SMILES string of the molecule is CCNC(=O)C(F)(F)C(=O)[C@@H](NC(=O)[C@H](Cc1ccccc1)NC(=O)COc1cc(Cl)cc(Cl)c1)C(C)C. The van der Waals surface area contributed by atoms with E-state index in [2.05, 4.69) is 10.6 Å². The number of hydrogen-bond donors (Lipinski definition) is 3. The first-order chi connectivity index (χ1) is 17.8. The first kappa shape index (κ1) is 31.0. The minimum Gasteiger partial charge on any atom is -0.484 e. The maximum absolute atomic E-state index is 14.5. The van der Waals surface area contributed by atoms with Crippen LogP contribution in [0.3, 0.4) is 0 Å². The van der Waals surface area contributed by atoms with Crippen molar-refractivity contribution in [3.8, 4) is 5.75 Å². The number of alkyl halides is 2. The first-order valence-corrected chi connectivity index (χ1v) is 12.5. The molecular formula is C26H29Cl2F2N3O5. The molecule has 3 N–H and O–H groups in total. The van der Waals surface area contributed by atoms with Crippen molar-refractivity contribution in [3.63, 3.8) is 0 Å². The Kier molecular flexibility index (Phi) is 11.5. The zero-order valence-corrected chi connectivity index (χ0v) is 22.5. The van der Waals surface area contributed by atoms with Gasteiger partial charge < -0.3 is 20.7 Å². The zero-order valence-electron chi connectivity index (χ0n) is 21.0. The van der Waals surface area contributed by atoms with Crippen LogP contribution in [0, 0.1) is 5.92 Å². The molecule has 0 heterocycles. The van der Waals surface area contributed by atoms with Gasteiger partial charge in [-0.3, -0.25) is 19.2 Å². The molecule has 0 radical (unpaired) electrons. The number of benzene rings is 2. The summed E-state index contributed by atoms with van der Waals surface area (Å²) in [5.41, 5.74) is 0.663. The fourth-order valence-corrected chi connectivity index (χ4v) is 3.93. The van der Waals surface area contributed by atoms with Crippen molar-refractivity contribution in [3.05, 3.63) is 64.1 Å². The molecule has 0 unspecified atom stereocenters. The molecule has 12 heteroatoms. The van der Waals surface area contributed by atoms with Crippen molar-refractivity contribution < 1.29 is 32.7 Å². The summed E-state index contributed by atoms with van der Waals surface area (Å²) in [6.45, 7) is 3.73. The van der Waals surface area contributed by atoms with Crippen molar-refractivity contribution in [2.45, 2.75) is 45.2 Å². The highest BCUT2D eigenvalue weighted by Crippen LogP contribution is 2.24. The highest BCUT2D eigenvalue weighted by Gasteiger charge is 2.51. The van der Waals surface area contributed by atoms with Crippen molar-refractivity contribution in [1.82, 2.24) is 16.0 Å². The van der Waals surface area contributed by atoms with Gasteiger partial charge in [-0.2, -0.15) is 8.78 Å². The van der Waals surface area contributed by atoms with Gasteiger partial charge in [-0.15, -0.1) is 0 Å². The predicted octanol–water partition coefficient (Wildman–Crippen LogP) is 3.58. The summed E-state index contributed by atoms with van der Waals surface area (Å²) in [4.78, 5) is 50.2. The monoisotopic (exact) mass is 571 g/mol. The van der Waals surface area contributed by atoms with Crippen LogP contribution in [0.2, 0.25) is 10.0 Å². The third-order valence-corrected chi connectivity index (χ3v) is 5.76. The highest BCUT2D eigenvalue weighted by atomic mass is 35.5. The Morgan fingerprint density at radius 2 is 1.58 bits per heavy atom. The van der Waals surface area contributed by atoms with Crippen LogP contribution in [0.4, 0.5) is 8.78 Å². The van der Waals surface area contributed by atoms with E-state index in [-0.39, 0.29) is 18.7 Å². The van der Waals surface area contributed by atoms with Crippen LogP contribution in [0.5, 0.6) is 5.75 Å². The van der Waals surface area contributed by atoms with Gasteiger partial charge in [-0.1, -0.05) is 67.4 Å². The van der Waals surface area contributed by atoms with E-state index >= 15 is 0 Å². The summed E-state index contributed by atoms with van der Waals surface area (Å²) in [5, 5.41) is 7.31. The Morgan fingerprint density at radius 1 is 0.974 bits per heavy atom. The van der Waals surface area contributed by atoms with Crippen LogP contribution in [0.25, 0.3) is 0 Å². The van der Waals surface area contributed by atoms with Gasteiger partial charge in [0.15, 0.2) is 6.61 Å². The maximum Gasteiger partial charge on any atom is 0.383 e. The van der Waals surface area contributed by atoms with E-state index in [1.807, 2.05) is 5.32 Å². The molecule has 2 aromatic carbocycles. The van der Waals surface area contributed by atoms with E-state index in [1.165, 1.54) is 39.0 Å². The molecule has 2 rings (SSSR count). The van der Waals surface area contributed by atoms with E-state index in [9.17, 15) is 28.0 Å². The summed E-state index contributed by atoms with van der Waals surface area (Å²) in [7, 11) is 0. The number of ketones is 1. The highest BCUT2D eigenvalue weighted by molar-refractivity contribution is 6.34. The second-order valence-electron chi connectivity index (χ2n) is 8.73. The molecule has 0 aliphatic heterocycles. The second-order valence-corrected chi connectivity index (χ2v) is 9.60. The third-order valence-electron chi connectivity index (χ3n) is 5.32. The van der Waals surface area contributed by atoms with Gasteiger partial charge in [0, 0.05) is 23.0 Å². The Hall–Kier alpha value is -3.24. The normalized spacial score (nSPS) is 12.8. The van der Waals surface area contributed by atoms with E-state index in [1.54, 1.807) is 30.3 Å². The lowest BCUT2D eigenvalue weighted by Gasteiger charge is -2.27. The number of Topliss-reactive ketones (excluding diaryl/α,β-unsaturated/α-hetero) is 1. The topological polar surface area (TPSA) is 114 Å². The van der Waals surface area contributed by atoms with Crippen molar-refractivity contribution in [2.24, 2.45) is 5.92 Å². The van der Waals surface area contributed by atoms with Gasteiger partial charge >= 0.3 is 5.92 Å². The van der Waals surface area contributed by atoms with E-state index in [4.69, 9.17) is 27.9 Å². The fourth-order valence-electron chi connectivity index (χ4n) is 3.42. The van der Waals surface area contributed by atoms with E-state index in [0.717, 1.165) is 0 Å². The fraction of sp³-hybridized carbons (Fsp3) is 0.385. The van der Waals surface area contributed by atoms with E-state index in [0.29, 0.717) is 15.6 Å². The lowest BCUT2D eigenvalue weighted by Crippen LogP contribution is -2.59. The average Bonchev–Trinajstić information content (AvgIpc) is 2.85. The number of amides is 3. The van der Waals surface area contributed by atoms with Crippen LogP contribution in [0.15, 0.2) is 48.5 Å². The molecule has 2 aromatic rings. The van der Waals surface area contributed by atoms with Crippen molar-refractivity contribution in [1.29, 1.82) is 0 Å². The summed E-state index contributed by atoms with van der Waals surface area (Å²) < 4.78 is 34.4. The lowest BCUT2D eigenvalue weighted by molar-refractivity contribution is -0.161. The molecule has 0 aliphatic carbocycles. The average molecular weight is 572 g/mol. The molecule has 0 spiro atoms. The van der Waals surface area contributed by atoms with Gasteiger partial charge in [-0.05, 0) is 36.6 Å². The smallest absolute Gasteiger partial charge is 0.383 e. The second kappa shape index (κ2) is 14.1. The number of carbonyl (C=O) groups is 4. The molecule has 3 amide bonds. The molecule has 8 nitrogen and oxygen atoms in total. The van der Waals surface area contributed by atoms with Gasteiger partial charge in [0.2, 0.25) is 11.7 Å². The molecule has 0 aromatic heterocycles. The number of hydrogen-bond acceptors (Lipinski definition) is 5. The number of carbonyl (C=O) groups excluding carboxylic acids is 4. The summed E-state index contributed by atoms with van der Waals surface area (Å²) in [6, 6.07) is 10.1. The summed E-state index contributed by atoms with van der Waals surface area (Å²) in [6.07, 6.45) is -0.00682. The van der Waals surface area contributed by atoms with Crippen LogP contribution in [0.1, 0.15) is 26.3 Å². The van der Waals surface area contributed by atoms with Gasteiger partial charge in [0.25, 0.3) is 11.8 Å². The van der Waals surface area contributed by atoms with Crippen molar-refractivity contribution in [2.75, 3.05) is 13.2 Å². The quantitative estimate of drug-likeness (QED) is 0.318. The number of ether oxygens (including phenoxy) is 1. The van der Waals surface area contributed by atoms with Crippen molar-refractivity contribution >= 4 is 46.7 Å². The molecule has 2 atom stereocenters. The lowest BCUT2D eigenvalue weighted by atomic mass is 9.94. The molecule has 0 bridgehead atoms. The van der Waals surface area contributed by atoms with Crippen LogP contribution in [-0.4, -0.2) is 54.7 Å². The van der Waals surface area contributed by atoms with Crippen LogP contribution in [-0.2, 0) is 25.6 Å². The summed E-state index contributed by atoms with van der Waals surface area (Å²) >= 11 is 11.9. The molecule has 0 saturated heterocycles. The number of nitrogens with one attached hydrogen (secondary N) is 3. The maximum atomic E-state index is 14.5. The minimum absolute atomic E-state index is 0.00682. The van der Waals surface area contributed by atoms with Gasteiger partial charge in [0.05, 0.1) is 6.04 Å². The number of rotatable bonds is 13. The largest absolute Gasteiger partial charge is 0.484 e. The van der Waals surface area contributed by atoms with E-state index < -0.39 is 54.0 Å². The molecular weight excluding hydrogens is 543 g/mol. The molecule has 38 heavy (non-hydrogen) atoms. The first-order valence-electron chi connectivity index (χ1n) is 11.8. The minimum atomic E-state index is -4.36. The molecule has 0 fully saturated rings. The molecule has 0 saturated carbocycles. The van der Waals surface area contributed by atoms with Gasteiger partial charge in [0.1, 0.15) is 11.8 Å². The predicted molar refractivity (Wildman–Crippen MR) is 139 cm³/mol. The Bertz CT molecular complexity index is 1130. The van der Waals surface area contributed by atoms with Gasteiger partial charge in [-0.25, -0.2) is 0 Å². The van der Waals surface area contributed by atoms with Crippen LogP contribution < -0.4 is 20.7 Å². The standard InChI is InChI=1S/C26H29Cl2F2N3O5/c1-4-31-25(37)26(29,30)23(35)22(15(2)3)33-24(36)20(10-16-8-6-5-7-9-16)32-21(34)14-38-19-12-17(27)11-18(28)13-19/h5-9,11-13,15,20,22H,4,10,14H2,1-3H3,(H,31,37)(H,32,34)(H,33,36)/t20-,22-/m0/s1. The molecule has 0 aliphatic rings. The zero-order chi connectivity index (χ0) is 28.5. The Balaban J connectivity index is 2.20. The Labute approximate surface area is 229 Å². The Morgan fingerprint density at radius 3 is 2.13 bits per heavy atom.